The van der Waals surface area contributed by atoms with E-state index in [4.69, 9.17) is 5.11 Å². The largest absolute Gasteiger partial charge is 0.480 e. The summed E-state index contributed by atoms with van der Waals surface area (Å²) in [7, 11) is 0. The number of urea groups is 1. The molecule has 2 amide bonds. The number of hydrogen-bond donors (Lipinski definition) is 2. The highest BCUT2D eigenvalue weighted by Crippen LogP contribution is 2.36. The van der Waals surface area contributed by atoms with Crippen molar-refractivity contribution < 1.29 is 14.7 Å². The van der Waals surface area contributed by atoms with Gasteiger partial charge in [-0.25, -0.2) is 4.79 Å². The maximum atomic E-state index is 12.2. The Kier molecular flexibility index (Phi) is 4.52. The molecule has 0 aromatic carbocycles. The Bertz CT molecular complexity index is 376. The van der Waals surface area contributed by atoms with Crippen LogP contribution in [-0.2, 0) is 4.79 Å². The molecule has 1 atom stereocenters. The maximum absolute atomic E-state index is 12.2. The van der Waals surface area contributed by atoms with Crippen molar-refractivity contribution in [3.05, 3.63) is 0 Å². The second-order valence-electron chi connectivity index (χ2n) is 6.71. The van der Waals surface area contributed by atoms with Gasteiger partial charge in [-0.2, -0.15) is 0 Å². The highest BCUT2D eigenvalue weighted by molar-refractivity contribution is 5.74. The molecular weight excluding hydrogens is 258 g/mol. The highest BCUT2D eigenvalue weighted by atomic mass is 16.4. The normalized spacial score (nSPS) is 26.5. The van der Waals surface area contributed by atoms with Crippen LogP contribution in [0.4, 0.5) is 4.79 Å². The van der Waals surface area contributed by atoms with Gasteiger partial charge in [0, 0.05) is 32.2 Å². The average Bonchev–Trinajstić information content (AvgIpc) is 2.68. The van der Waals surface area contributed by atoms with Crippen LogP contribution >= 0.6 is 0 Å². The van der Waals surface area contributed by atoms with Crippen molar-refractivity contribution in [2.24, 2.45) is 5.41 Å². The zero-order chi connectivity index (χ0) is 14.8. The fourth-order valence-corrected chi connectivity index (χ4v) is 3.13. The van der Waals surface area contributed by atoms with Crippen molar-refractivity contribution in [1.29, 1.82) is 0 Å². The van der Waals surface area contributed by atoms with E-state index >= 15 is 0 Å². The van der Waals surface area contributed by atoms with Crippen LogP contribution in [0.1, 0.15) is 33.1 Å². The van der Waals surface area contributed by atoms with Crippen LogP contribution in [0.25, 0.3) is 0 Å². The second-order valence-corrected chi connectivity index (χ2v) is 6.71. The Morgan fingerprint density at radius 1 is 1.25 bits per heavy atom. The first kappa shape index (κ1) is 15.1. The van der Waals surface area contributed by atoms with Crippen LogP contribution in [0.3, 0.4) is 0 Å². The van der Waals surface area contributed by atoms with Crippen LogP contribution in [0.2, 0.25) is 0 Å². The van der Waals surface area contributed by atoms with Gasteiger partial charge in [-0.05, 0) is 24.7 Å². The molecule has 2 fully saturated rings. The summed E-state index contributed by atoms with van der Waals surface area (Å²) in [6.45, 7) is 7.02. The number of amides is 2. The maximum Gasteiger partial charge on any atom is 0.317 e. The van der Waals surface area contributed by atoms with Crippen LogP contribution in [0.15, 0.2) is 0 Å². The van der Waals surface area contributed by atoms with E-state index in [9.17, 15) is 9.59 Å². The van der Waals surface area contributed by atoms with E-state index in [2.05, 4.69) is 19.2 Å². The van der Waals surface area contributed by atoms with E-state index in [-0.39, 0.29) is 18.6 Å². The summed E-state index contributed by atoms with van der Waals surface area (Å²) in [6, 6.07) is 0.289. The van der Waals surface area contributed by atoms with Gasteiger partial charge < -0.3 is 15.3 Å². The Hall–Kier alpha value is -1.30. The molecule has 2 rings (SSSR count). The Morgan fingerprint density at radius 2 is 1.90 bits per heavy atom. The minimum atomic E-state index is -0.809. The van der Waals surface area contributed by atoms with E-state index in [1.165, 1.54) is 0 Å². The van der Waals surface area contributed by atoms with Crippen LogP contribution in [-0.4, -0.2) is 65.7 Å². The van der Waals surface area contributed by atoms with Gasteiger partial charge in [0.1, 0.15) is 0 Å². The van der Waals surface area contributed by atoms with Gasteiger partial charge in [0.25, 0.3) is 0 Å². The average molecular weight is 283 g/mol. The van der Waals surface area contributed by atoms with E-state index in [0.29, 0.717) is 31.6 Å². The Balaban J connectivity index is 1.74. The summed E-state index contributed by atoms with van der Waals surface area (Å²) in [5, 5.41) is 11.9. The third-order valence-corrected chi connectivity index (χ3v) is 4.31. The van der Waals surface area contributed by atoms with Gasteiger partial charge in [0.2, 0.25) is 0 Å². The van der Waals surface area contributed by atoms with Crippen molar-refractivity contribution in [3.8, 4) is 0 Å². The molecule has 0 bridgehead atoms. The van der Waals surface area contributed by atoms with E-state index < -0.39 is 5.97 Å². The molecule has 2 N–H and O–H groups in total. The number of carbonyl (C=O) groups is 2. The number of rotatable bonds is 3. The minimum Gasteiger partial charge on any atom is -0.480 e. The van der Waals surface area contributed by atoms with E-state index in [1.807, 2.05) is 4.90 Å². The molecule has 1 aliphatic carbocycles. The fraction of sp³-hybridized carbons (Fsp3) is 0.857. The molecule has 114 valence electrons. The molecule has 6 heteroatoms. The Labute approximate surface area is 120 Å². The molecular formula is C14H25N3O3. The SMILES string of the molecule is CC1(C)CCC(NC(=O)N2CCN(CC(=O)O)CC2)C1. The minimum absolute atomic E-state index is 0.00248. The zero-order valence-electron chi connectivity index (χ0n) is 12.4. The van der Waals surface area contributed by atoms with Gasteiger partial charge in [-0.3, -0.25) is 9.69 Å². The third-order valence-electron chi connectivity index (χ3n) is 4.31. The molecule has 1 saturated carbocycles. The van der Waals surface area contributed by atoms with Crippen molar-refractivity contribution in [3.63, 3.8) is 0 Å². The van der Waals surface area contributed by atoms with Crippen LogP contribution in [0.5, 0.6) is 0 Å². The smallest absolute Gasteiger partial charge is 0.317 e. The lowest BCUT2D eigenvalue weighted by Gasteiger charge is -2.34. The van der Waals surface area contributed by atoms with Crippen molar-refractivity contribution >= 4 is 12.0 Å². The number of carbonyl (C=O) groups excluding carboxylic acids is 1. The van der Waals surface area contributed by atoms with Crippen molar-refractivity contribution in [2.75, 3.05) is 32.7 Å². The van der Waals surface area contributed by atoms with Crippen molar-refractivity contribution in [2.45, 2.75) is 39.2 Å². The molecule has 0 radical (unpaired) electrons. The molecule has 6 nitrogen and oxygen atoms in total. The topological polar surface area (TPSA) is 72.9 Å². The molecule has 0 spiro atoms. The number of carboxylic acids is 1. The van der Waals surface area contributed by atoms with Crippen LogP contribution < -0.4 is 5.32 Å². The van der Waals surface area contributed by atoms with Gasteiger partial charge >= 0.3 is 12.0 Å². The molecule has 0 aromatic rings. The molecule has 1 unspecified atom stereocenters. The number of carboxylic acid groups (broad SMARTS) is 1. The number of nitrogens with one attached hydrogen (secondary N) is 1. The summed E-state index contributed by atoms with van der Waals surface area (Å²) in [6.07, 6.45) is 3.25. The Morgan fingerprint density at radius 3 is 2.40 bits per heavy atom. The summed E-state index contributed by atoms with van der Waals surface area (Å²) >= 11 is 0. The van der Waals surface area contributed by atoms with E-state index in [1.54, 1.807) is 4.90 Å². The monoisotopic (exact) mass is 283 g/mol. The van der Waals surface area contributed by atoms with E-state index in [0.717, 1.165) is 19.3 Å². The third kappa shape index (κ3) is 4.10. The molecule has 0 aromatic heterocycles. The predicted molar refractivity (Wildman–Crippen MR) is 75.6 cm³/mol. The summed E-state index contributed by atoms with van der Waals surface area (Å²) in [4.78, 5) is 26.5. The summed E-state index contributed by atoms with van der Waals surface area (Å²) < 4.78 is 0. The lowest BCUT2D eigenvalue weighted by atomic mass is 9.92. The van der Waals surface area contributed by atoms with Crippen molar-refractivity contribution in [1.82, 2.24) is 15.1 Å². The molecule has 1 aliphatic heterocycles. The first-order chi connectivity index (χ1) is 9.35. The molecule has 2 aliphatic rings. The van der Waals surface area contributed by atoms with Gasteiger partial charge in [-0.15, -0.1) is 0 Å². The predicted octanol–water partition coefficient (Wildman–Crippen LogP) is 0.977. The highest BCUT2D eigenvalue weighted by Gasteiger charge is 2.33. The number of nitrogens with zero attached hydrogens (tertiary/aromatic N) is 2. The van der Waals surface area contributed by atoms with Gasteiger partial charge in [0.05, 0.1) is 6.54 Å². The molecule has 1 saturated heterocycles. The quantitative estimate of drug-likeness (QED) is 0.810. The second kappa shape index (κ2) is 5.99. The van der Waals surface area contributed by atoms with Gasteiger partial charge in [0.15, 0.2) is 0 Å². The van der Waals surface area contributed by atoms with Crippen LogP contribution in [0, 0.1) is 5.41 Å². The number of hydrogen-bond acceptors (Lipinski definition) is 3. The number of piperazine rings is 1. The first-order valence-electron chi connectivity index (χ1n) is 7.35. The molecule has 20 heavy (non-hydrogen) atoms. The lowest BCUT2D eigenvalue weighted by molar-refractivity contribution is -0.138. The molecule has 1 heterocycles. The lowest BCUT2D eigenvalue weighted by Crippen LogP contribution is -2.53. The summed E-state index contributed by atoms with van der Waals surface area (Å²) in [5.41, 5.74) is 0.331. The summed E-state index contributed by atoms with van der Waals surface area (Å²) in [5.74, 6) is -0.809. The zero-order valence-corrected chi connectivity index (χ0v) is 12.4. The number of aliphatic carboxylic acids is 1. The first-order valence-corrected chi connectivity index (χ1v) is 7.35. The standard InChI is InChI=1S/C14H25N3O3/c1-14(2)4-3-11(9-14)15-13(20)17-7-5-16(6-8-17)10-12(18)19/h11H,3-10H2,1-2H3,(H,15,20)(H,18,19). The van der Waals surface area contributed by atoms with Gasteiger partial charge in [-0.1, -0.05) is 13.8 Å². The fourth-order valence-electron chi connectivity index (χ4n) is 3.13.